The molecule has 0 saturated carbocycles. The maximum absolute atomic E-state index is 10.9. The van der Waals surface area contributed by atoms with E-state index in [0.29, 0.717) is 31.1 Å². The molecule has 9 heteroatoms. The molecule has 0 rings (SSSR count). The summed E-state index contributed by atoms with van der Waals surface area (Å²) >= 11 is 9.32. The third kappa shape index (κ3) is 82.4. The Morgan fingerprint density at radius 1 is 0.574 bits per heavy atom. The quantitative estimate of drug-likeness (QED) is 0.0335. The van der Waals surface area contributed by atoms with Crippen molar-refractivity contribution in [2.75, 3.05) is 24.7 Å². The molecule has 0 aliphatic rings. The number of carbonyl (C=O) groups is 2. The van der Waals surface area contributed by atoms with Crippen molar-refractivity contribution in [3.8, 4) is 0 Å². The van der Waals surface area contributed by atoms with Crippen LogP contribution in [0.15, 0.2) is 0 Å². The van der Waals surface area contributed by atoms with Gasteiger partial charge in [-0.3, -0.25) is 9.59 Å². The van der Waals surface area contributed by atoms with Gasteiger partial charge in [-0.15, -0.1) is 0 Å². The van der Waals surface area contributed by atoms with E-state index in [1.807, 2.05) is 0 Å². The largest absolute Gasteiger partial charge is 0.792 e. The fourth-order valence-corrected chi connectivity index (χ4v) is 12.3. The Morgan fingerprint density at radius 3 is 1.34 bits per heavy atom. The minimum absolute atomic E-state index is 0.106. The molecule has 5 nitrogen and oxygen atoms in total. The number of ether oxygens (including phenoxy) is 1. The van der Waals surface area contributed by atoms with E-state index in [9.17, 15) is 9.59 Å². The number of aliphatic carboxylic acids is 1. The molecular weight excluding hydrogens is 838 g/mol. The first-order valence-corrected chi connectivity index (χ1v) is 28.6. The Hall–Kier alpha value is 1.20. The van der Waals surface area contributed by atoms with Crippen molar-refractivity contribution >= 4 is 79.5 Å². The molecule has 47 heavy (non-hydrogen) atoms. The van der Waals surface area contributed by atoms with Gasteiger partial charge in [-0.25, -0.2) is 0 Å². The predicted octanol–water partition coefficient (Wildman–Crippen LogP) is 11.4. The zero-order valence-electron chi connectivity index (χ0n) is 32.1. The third-order valence-electron chi connectivity index (χ3n) is 6.72. The summed E-state index contributed by atoms with van der Waals surface area (Å²) in [6.07, 6.45) is 27.0. The van der Waals surface area contributed by atoms with Gasteiger partial charge < -0.3 is 40.2 Å². The second-order valence-electron chi connectivity index (χ2n) is 11.7. The van der Waals surface area contributed by atoms with Gasteiger partial charge in [0.2, 0.25) is 0 Å². The minimum Gasteiger partial charge on any atom is -0.792 e. The average Bonchev–Trinajstić information content (AvgIpc) is 3.05. The van der Waals surface area contributed by atoms with Gasteiger partial charge in [-0.1, -0.05) is 78.1 Å². The molecule has 0 spiro atoms. The van der Waals surface area contributed by atoms with Gasteiger partial charge >= 0.3 is 151 Å². The fourth-order valence-electron chi connectivity index (χ4n) is 3.66. The molecule has 0 aliphatic carbocycles. The standard InChI is InChI=1S/C11H22O2S.C8H18O.4C4H9.C3H6O2S.2Sn/c1-2-3-4-5-6-7-9-13-11(12)8-10-14;1-2-3-4-5-6-7-8-9;4*1-3-4-2;4-3(5)1-2-6;;/h14H,2-10H2,1H3;9H,2-8H2,1H3;4*1,3-4H2,2H3;6H,1-2H2,(H,4,5);;/q;;;;;;;;+2/p-2. The van der Waals surface area contributed by atoms with Gasteiger partial charge in [0.15, 0.2) is 0 Å². The Balaban J connectivity index is -0.000000161. The number of aliphatic hydroxyl groups excluding tert-OH is 1. The van der Waals surface area contributed by atoms with Gasteiger partial charge in [-0.05, 0) is 12.8 Å². The van der Waals surface area contributed by atoms with Crippen LogP contribution in [0.2, 0.25) is 17.7 Å². The second kappa shape index (κ2) is 62.3. The molecule has 2 radical (unpaired) electrons. The van der Waals surface area contributed by atoms with Crippen molar-refractivity contribution in [1.29, 1.82) is 0 Å². The van der Waals surface area contributed by atoms with Crippen LogP contribution in [0, 0.1) is 0 Å². The number of esters is 1. The summed E-state index contributed by atoms with van der Waals surface area (Å²) in [5.74, 6) is -0.177. The van der Waals surface area contributed by atoms with Gasteiger partial charge in [0.1, 0.15) is 0 Å². The molecule has 0 saturated heterocycles. The van der Waals surface area contributed by atoms with Crippen LogP contribution >= 0.6 is 0 Å². The minimum atomic E-state index is -0.815. The van der Waals surface area contributed by atoms with Crippen LogP contribution in [0.3, 0.4) is 0 Å². The fraction of sp³-hybridized carbons (Fsp3) is 0.947. The molecule has 282 valence electrons. The number of rotatable bonds is 29. The second-order valence-corrected chi connectivity index (χ2v) is 21.1. The van der Waals surface area contributed by atoms with Crippen LogP contribution < -0.4 is 0 Å². The van der Waals surface area contributed by atoms with E-state index >= 15 is 0 Å². The predicted molar refractivity (Wildman–Crippen MR) is 216 cm³/mol. The monoisotopic (exact) mass is 920 g/mol. The Labute approximate surface area is 326 Å². The number of carbonyl (C=O) groups excluding carboxylic acids is 1. The number of hydrogen-bond acceptors (Lipinski definition) is 6. The molecule has 0 aromatic heterocycles. The molecular formula is C38H80O5S2Sn2. The first-order chi connectivity index (χ1) is 22.8. The zero-order chi connectivity index (χ0) is 36.5. The molecule has 0 unspecified atom stereocenters. The maximum atomic E-state index is 10.9. The Kier molecular flexibility index (Phi) is 76.3. The molecule has 0 heterocycles. The van der Waals surface area contributed by atoms with Crippen LogP contribution in [-0.4, -0.2) is 89.2 Å². The van der Waals surface area contributed by atoms with E-state index in [1.54, 1.807) is 17.7 Å². The number of aliphatic hydroxyl groups is 1. The summed E-state index contributed by atoms with van der Waals surface area (Å²) in [6, 6.07) is 0. The van der Waals surface area contributed by atoms with Crippen molar-refractivity contribution < 1.29 is 24.5 Å². The van der Waals surface area contributed by atoms with Gasteiger partial charge in [-0.2, -0.15) is 11.5 Å². The molecule has 0 aromatic carbocycles. The van der Waals surface area contributed by atoms with Crippen molar-refractivity contribution in [3.05, 3.63) is 0 Å². The maximum Gasteiger partial charge on any atom is 0.301 e. The molecule has 0 amide bonds. The van der Waals surface area contributed by atoms with Crippen LogP contribution in [0.4, 0.5) is 0 Å². The van der Waals surface area contributed by atoms with E-state index in [2.05, 4.69) is 66.8 Å². The summed E-state index contributed by atoms with van der Waals surface area (Å²) in [7, 11) is 0. The topological polar surface area (TPSA) is 83.8 Å². The van der Waals surface area contributed by atoms with Crippen LogP contribution in [0.25, 0.3) is 0 Å². The number of unbranched alkanes of at least 4 members (excludes halogenated alkanes) is 14. The van der Waals surface area contributed by atoms with Crippen LogP contribution in [0.1, 0.15) is 183 Å². The van der Waals surface area contributed by atoms with Crippen LogP contribution in [0.5, 0.6) is 0 Å². The van der Waals surface area contributed by atoms with Gasteiger partial charge in [0, 0.05) is 19.4 Å². The third-order valence-corrected chi connectivity index (χ3v) is 15.2. The smallest absolute Gasteiger partial charge is 0.301 e. The first-order valence-electron chi connectivity index (χ1n) is 19.4. The average molecular weight is 919 g/mol. The number of carboxylic acids is 1. The van der Waals surface area contributed by atoms with Crippen LogP contribution in [-0.2, 0) is 39.6 Å². The van der Waals surface area contributed by atoms with Crippen molar-refractivity contribution in [1.82, 2.24) is 0 Å². The van der Waals surface area contributed by atoms with Crippen molar-refractivity contribution in [3.63, 3.8) is 0 Å². The summed E-state index contributed by atoms with van der Waals surface area (Å²) < 4.78 is 11.5. The van der Waals surface area contributed by atoms with E-state index in [0.717, 1.165) is 12.8 Å². The first kappa shape index (κ1) is 57.5. The summed E-state index contributed by atoms with van der Waals surface area (Å²) in [5, 5.41) is 16.3. The molecule has 0 atom stereocenters. The van der Waals surface area contributed by atoms with E-state index in [4.69, 9.17) is 14.9 Å². The summed E-state index contributed by atoms with van der Waals surface area (Å²) in [6.45, 7) is 14.5. The molecule has 2 N–H and O–H groups in total. The van der Waals surface area contributed by atoms with Crippen molar-refractivity contribution in [2.45, 2.75) is 201 Å². The molecule has 0 aromatic rings. The summed E-state index contributed by atoms with van der Waals surface area (Å²) in [4.78, 5) is 20.4. The molecule has 0 bridgehead atoms. The number of carboxylic acid groups (broad SMARTS) is 1. The van der Waals surface area contributed by atoms with E-state index in [-0.39, 0.29) is 54.7 Å². The van der Waals surface area contributed by atoms with E-state index < -0.39 is 5.97 Å². The Morgan fingerprint density at radius 2 is 0.979 bits per heavy atom. The zero-order valence-corrected chi connectivity index (χ0v) is 39.5. The Bertz CT molecular complexity index is 481. The van der Waals surface area contributed by atoms with Crippen molar-refractivity contribution in [2.24, 2.45) is 0 Å². The molecule has 0 fully saturated rings. The van der Waals surface area contributed by atoms with E-state index in [1.165, 1.54) is 116 Å². The SMILES string of the molecule is CCCCCCCCO.CCCCCCCCOC(=O)CC[S-].CCC[CH2][Sn+2][CH2]CCC.CCC[CH2][Sn][CH2]CCC.O=C(O)CC[S-]. The van der Waals surface area contributed by atoms with Gasteiger partial charge in [0.25, 0.3) is 0 Å². The van der Waals surface area contributed by atoms with Gasteiger partial charge in [0.05, 0.1) is 6.61 Å². The number of hydrogen-bond donors (Lipinski definition) is 2. The molecule has 0 aliphatic heterocycles. The normalized spacial score (nSPS) is 9.64. The summed E-state index contributed by atoms with van der Waals surface area (Å²) in [5.41, 5.74) is 0.